The van der Waals surface area contributed by atoms with Crippen molar-refractivity contribution in [1.82, 2.24) is 9.80 Å². The van der Waals surface area contributed by atoms with Crippen LogP contribution in [-0.2, 0) is 16.7 Å². The van der Waals surface area contributed by atoms with Crippen LogP contribution in [-0.4, -0.2) is 35.3 Å². The van der Waals surface area contributed by atoms with E-state index in [2.05, 4.69) is 138 Å². The summed E-state index contributed by atoms with van der Waals surface area (Å²) in [5, 5.41) is 0. The molecule has 0 saturated carbocycles. The third kappa shape index (κ3) is 6.28. The van der Waals surface area contributed by atoms with Crippen molar-refractivity contribution in [2.24, 2.45) is 10.8 Å². The van der Waals surface area contributed by atoms with Gasteiger partial charge in [-0.15, -0.1) is 6.67 Å². The summed E-state index contributed by atoms with van der Waals surface area (Å²) in [6.07, 6.45) is 10.1. The van der Waals surface area contributed by atoms with Crippen LogP contribution in [0.25, 0.3) is 0 Å². The Labute approximate surface area is 239 Å². The molecule has 3 heterocycles. The number of rotatable bonds is 6. The van der Waals surface area contributed by atoms with Gasteiger partial charge in [0.15, 0.2) is 0 Å². The molecule has 3 aliphatic heterocycles. The van der Waals surface area contributed by atoms with Crippen molar-refractivity contribution in [2.75, 3.05) is 0 Å². The molecule has 0 aliphatic carbocycles. The fourth-order valence-electron chi connectivity index (χ4n) is 5.80. The van der Waals surface area contributed by atoms with Crippen LogP contribution in [0.2, 0.25) is 0 Å². The molecule has 2 nitrogen and oxygen atoms in total. The van der Waals surface area contributed by atoms with Crippen molar-refractivity contribution in [3.8, 4) is 0 Å². The molecule has 0 unspecified atom stereocenters. The van der Waals surface area contributed by atoms with Crippen LogP contribution >= 0.6 is 15.8 Å². The van der Waals surface area contributed by atoms with Crippen LogP contribution in [0.15, 0.2) is 57.7 Å². The summed E-state index contributed by atoms with van der Waals surface area (Å²) in [6.45, 7) is 36.1. The number of allylic oxidation sites excluding steroid dienone is 6. The first-order valence-electron chi connectivity index (χ1n) is 14.8. The van der Waals surface area contributed by atoms with Gasteiger partial charge in [-0.25, -0.2) is 0 Å². The summed E-state index contributed by atoms with van der Waals surface area (Å²) in [5.41, 5.74) is 11.8. The first-order valence-corrected chi connectivity index (χ1v) is 17.1. The van der Waals surface area contributed by atoms with Gasteiger partial charge in [0.25, 0.3) is 0 Å². The molecule has 0 spiro atoms. The summed E-state index contributed by atoms with van der Waals surface area (Å²) in [7, 11) is -1.51. The summed E-state index contributed by atoms with van der Waals surface area (Å²) in [5.74, 6) is 0. The van der Waals surface area contributed by atoms with E-state index in [-0.39, 0.29) is 10.8 Å². The Hall–Kier alpha value is -0.321. The van der Waals surface area contributed by atoms with E-state index in [4.69, 9.17) is 2.86 Å². The van der Waals surface area contributed by atoms with Crippen LogP contribution in [0, 0.1) is 17.5 Å². The first-order chi connectivity index (χ1) is 17.7. The maximum absolute atomic E-state index is 6.00. The summed E-state index contributed by atoms with van der Waals surface area (Å²) in [4.78, 5) is 5.18. The molecular formula is C31H56FeN2P2+. The molecule has 207 valence electrons. The Morgan fingerprint density at radius 3 is 1.14 bits per heavy atom. The van der Waals surface area contributed by atoms with E-state index in [1.165, 1.54) is 22.5 Å². The van der Waals surface area contributed by atoms with Gasteiger partial charge < -0.3 is 9.80 Å². The maximum atomic E-state index is 6.00. The van der Waals surface area contributed by atoms with E-state index >= 15 is 0 Å². The van der Waals surface area contributed by atoms with Crippen LogP contribution in [0.5, 0.6) is 0 Å². The number of nitrogens with zero attached hydrogens (tertiary/aromatic N) is 2. The SMILES string of the molecule is CC(C)[PH+](C1=CC(C(C)(C)C)=CC2=C3C=C(C(C)(C)C)C=C([PH+](C(C)C)C(C)C)N3[CH-]N12)C(C)C.[2H][Fe]([2H])[2H]. The Kier molecular flexibility index (Phi) is 8.65. The Morgan fingerprint density at radius 2 is 0.917 bits per heavy atom. The molecule has 0 amide bonds. The molecule has 0 radical (unpaired) electrons. The Balaban J connectivity index is 0.00000124. The van der Waals surface area contributed by atoms with Gasteiger partial charge in [0, 0.05) is 11.4 Å². The van der Waals surface area contributed by atoms with Gasteiger partial charge in [-0.2, -0.15) is 0 Å². The average Bonchev–Trinajstić information content (AvgIpc) is 3.10. The standard InChI is InChI=1S/C31H51N2P2.Fe.3H/c1-20(2)34(21(3)4)28-17-24(30(9,10)11)15-26-27-16-25(31(12,13)14)18-29(33(27)19-32(26)28)35(22(5)6)23(7)8;;;;/h15-23H,1-14H3;;;;/q-1;;;;/p+2/i;;3*1+1. The summed E-state index contributed by atoms with van der Waals surface area (Å²) in [6, 6.07) is 0. The third-order valence-electron chi connectivity index (χ3n) is 7.51. The molecule has 0 aromatic rings. The van der Waals surface area contributed by atoms with E-state index in [1.807, 2.05) is 0 Å². The Bertz CT molecular complexity index is 944. The zero-order valence-corrected chi connectivity index (χ0v) is 28.5. The fraction of sp³-hybridized carbons (Fsp3) is 0.645. The number of hydrogen-bond acceptors (Lipinski definition) is 2. The molecule has 0 fully saturated rings. The van der Waals surface area contributed by atoms with Gasteiger partial charge in [-0.1, -0.05) is 41.5 Å². The van der Waals surface area contributed by atoms with E-state index in [1.54, 1.807) is 10.9 Å². The van der Waals surface area contributed by atoms with Gasteiger partial charge in [0.05, 0.1) is 38.5 Å². The minimum atomic E-state index is -2.00. The topological polar surface area (TPSA) is 6.48 Å². The van der Waals surface area contributed by atoms with E-state index in [0.29, 0.717) is 22.6 Å². The van der Waals surface area contributed by atoms with Crippen LogP contribution in [0.3, 0.4) is 0 Å². The number of fused-ring (bicyclic) bond motifs is 2. The van der Waals surface area contributed by atoms with Crippen molar-refractivity contribution in [3.05, 3.63) is 64.4 Å². The Morgan fingerprint density at radius 1 is 0.639 bits per heavy atom. The fourth-order valence-corrected chi connectivity index (χ4v) is 12.4. The zero-order valence-electron chi connectivity index (χ0n) is 28.4. The average molecular weight is 578 g/mol. The van der Waals surface area contributed by atoms with Gasteiger partial charge in [0.1, 0.15) is 10.9 Å². The third-order valence-corrected chi connectivity index (χ3v) is 14.4. The minimum absolute atomic E-state index is 0.119. The quantitative estimate of drug-likeness (QED) is 0.177. The van der Waals surface area contributed by atoms with Crippen LogP contribution in [0.1, 0.15) is 96.9 Å². The van der Waals surface area contributed by atoms with Crippen molar-refractivity contribution in [2.45, 2.75) is 120 Å². The molecule has 0 N–H and O–H groups in total. The van der Waals surface area contributed by atoms with Crippen molar-refractivity contribution in [1.29, 1.82) is 2.86 Å². The van der Waals surface area contributed by atoms with E-state index < -0.39 is 32.5 Å². The molecule has 0 atom stereocenters. The molecule has 36 heavy (non-hydrogen) atoms. The molecule has 3 rings (SSSR count). The second-order valence-electron chi connectivity index (χ2n) is 13.9. The van der Waals surface area contributed by atoms with E-state index in [9.17, 15) is 0 Å². The number of hydrogen-bond donors (Lipinski definition) is 0. The summed E-state index contributed by atoms with van der Waals surface area (Å²) >= 11 is -2.00. The van der Waals surface area contributed by atoms with Crippen molar-refractivity contribution < 1.29 is 16.7 Å². The van der Waals surface area contributed by atoms with Crippen molar-refractivity contribution >= 4 is 15.8 Å². The second-order valence-corrected chi connectivity index (χ2v) is 21.4. The van der Waals surface area contributed by atoms with Gasteiger partial charge in [-0.3, -0.25) is 0 Å². The molecule has 0 aromatic carbocycles. The van der Waals surface area contributed by atoms with Crippen LogP contribution in [0.4, 0.5) is 0 Å². The normalized spacial score (nSPS) is 20.1. The zero-order chi connectivity index (χ0) is 30.2. The van der Waals surface area contributed by atoms with Gasteiger partial charge in [-0.05, 0) is 102 Å². The second kappa shape index (κ2) is 11.4. The monoisotopic (exact) mass is 577 g/mol. The molecule has 5 heteroatoms. The van der Waals surface area contributed by atoms with Crippen LogP contribution < -0.4 is 0 Å². The van der Waals surface area contributed by atoms with Crippen molar-refractivity contribution in [3.63, 3.8) is 0 Å². The molecule has 0 aromatic heterocycles. The van der Waals surface area contributed by atoms with Gasteiger partial charge in [0.2, 0.25) is 0 Å². The predicted octanol–water partition coefficient (Wildman–Crippen LogP) is 8.85. The van der Waals surface area contributed by atoms with Gasteiger partial charge >= 0.3 is 19.5 Å². The molecule has 0 bridgehead atoms. The van der Waals surface area contributed by atoms with E-state index in [0.717, 1.165) is 0 Å². The predicted molar refractivity (Wildman–Crippen MR) is 168 cm³/mol. The first kappa shape index (κ1) is 27.3. The summed E-state index contributed by atoms with van der Waals surface area (Å²) < 4.78 is 18.0. The molecular weight excluding hydrogens is 518 g/mol. The molecule has 3 aliphatic rings. The molecule has 0 saturated heterocycles.